The summed E-state index contributed by atoms with van der Waals surface area (Å²) in [5.74, 6) is 1.90. The van der Waals surface area contributed by atoms with Gasteiger partial charge in [-0.15, -0.1) is 0 Å². The minimum Gasteiger partial charge on any atom is -0.309 e. The highest BCUT2D eigenvalue weighted by Gasteiger charge is 2.18. The lowest BCUT2D eigenvalue weighted by Gasteiger charge is -2.17. The fourth-order valence-electron chi connectivity index (χ4n) is 8.08. The second-order valence-electron chi connectivity index (χ2n) is 16.2. The molecule has 10 aromatic rings. The minimum absolute atomic E-state index is 0.631. The normalized spacial score (nSPS) is 11.6. The van der Waals surface area contributed by atoms with Crippen LogP contribution in [0, 0.1) is 0 Å². The van der Waals surface area contributed by atoms with E-state index in [1.165, 1.54) is 32.8 Å². The zero-order valence-electron chi connectivity index (χ0n) is 33.3. The molecule has 0 aliphatic heterocycles. The zero-order chi connectivity index (χ0) is 39.9. The molecule has 0 amide bonds. The van der Waals surface area contributed by atoms with Gasteiger partial charge in [-0.2, -0.15) is 0 Å². The molecule has 0 aliphatic carbocycles. The van der Waals surface area contributed by atoms with E-state index in [0.717, 1.165) is 49.9 Å². The van der Waals surface area contributed by atoms with Crippen LogP contribution >= 0.6 is 0 Å². The van der Waals surface area contributed by atoms with Crippen LogP contribution in [-0.4, -0.2) is 27.6 Å². The highest BCUT2D eigenvalue weighted by atomic mass is 28.3. The van der Waals surface area contributed by atoms with Gasteiger partial charge in [0.1, 0.15) is 0 Å². The Labute approximate surface area is 346 Å². The van der Waals surface area contributed by atoms with E-state index in [9.17, 15) is 0 Å². The van der Waals surface area contributed by atoms with Gasteiger partial charge in [-0.3, -0.25) is 0 Å². The Bertz CT molecular complexity index is 3140. The molecule has 0 bridgehead atoms. The Morgan fingerprint density at radius 1 is 0.322 bits per heavy atom. The lowest BCUT2D eigenvalue weighted by Crippen LogP contribution is -2.37. The third kappa shape index (κ3) is 7.07. The molecule has 2 aromatic heterocycles. The van der Waals surface area contributed by atoms with E-state index < -0.39 is 8.07 Å². The predicted molar refractivity (Wildman–Crippen MR) is 250 cm³/mol. The van der Waals surface area contributed by atoms with E-state index in [2.05, 4.69) is 206 Å². The minimum atomic E-state index is -1.43. The molecule has 0 unspecified atom stereocenters. The number of para-hydroxylation sites is 2. The molecule has 0 spiro atoms. The number of rotatable bonds is 8. The highest BCUT2D eigenvalue weighted by molar-refractivity contribution is 6.88. The molecule has 0 fully saturated rings. The average Bonchev–Trinajstić information content (AvgIpc) is 3.63. The highest BCUT2D eigenvalue weighted by Crippen LogP contribution is 2.36. The molecule has 282 valence electrons. The molecule has 10 rings (SSSR count). The third-order valence-corrected chi connectivity index (χ3v) is 13.2. The summed E-state index contributed by atoms with van der Waals surface area (Å²) in [6.07, 6.45) is 0. The molecule has 0 radical (unpaired) electrons. The van der Waals surface area contributed by atoms with Crippen molar-refractivity contribution in [3.8, 4) is 73.2 Å². The van der Waals surface area contributed by atoms with Crippen LogP contribution in [0.25, 0.3) is 95.0 Å². The number of benzene rings is 8. The standard InChI is InChI=1S/C54H42N4Si/c1-59(2,3)47-27-15-23-43(35-47)41-21-13-19-39(33-41)38-18-12-20-40(32-38)42-22-14-24-44(34-42)53-55-52(37-16-6-4-7-17-37)56-54(57-53)45-30-31-51-49(36-45)48-28-10-11-29-50(48)58(51)46-25-8-5-9-26-46/h4-36H,1-3H3. The van der Waals surface area contributed by atoms with Crippen molar-refractivity contribution in [3.05, 3.63) is 200 Å². The van der Waals surface area contributed by atoms with E-state index >= 15 is 0 Å². The largest absolute Gasteiger partial charge is 0.309 e. The van der Waals surface area contributed by atoms with E-state index in [-0.39, 0.29) is 0 Å². The molecule has 0 N–H and O–H groups in total. The van der Waals surface area contributed by atoms with Gasteiger partial charge in [-0.05, 0) is 88.0 Å². The van der Waals surface area contributed by atoms with Gasteiger partial charge in [0, 0.05) is 33.2 Å². The Balaban J connectivity index is 1.04. The summed E-state index contributed by atoms with van der Waals surface area (Å²) >= 11 is 0. The molecule has 0 saturated heterocycles. The molecular formula is C54H42N4Si. The molecule has 0 aliphatic rings. The van der Waals surface area contributed by atoms with E-state index in [4.69, 9.17) is 15.0 Å². The van der Waals surface area contributed by atoms with Crippen molar-refractivity contribution < 1.29 is 0 Å². The maximum absolute atomic E-state index is 5.18. The van der Waals surface area contributed by atoms with Crippen LogP contribution in [0.5, 0.6) is 0 Å². The first-order valence-corrected chi connectivity index (χ1v) is 23.7. The fraction of sp³-hybridized carbons (Fsp3) is 0.0556. The monoisotopic (exact) mass is 774 g/mol. The Morgan fingerprint density at radius 2 is 0.746 bits per heavy atom. The van der Waals surface area contributed by atoms with Crippen LogP contribution in [0.1, 0.15) is 0 Å². The summed E-state index contributed by atoms with van der Waals surface area (Å²) in [7, 11) is -1.43. The zero-order valence-corrected chi connectivity index (χ0v) is 34.3. The van der Waals surface area contributed by atoms with Gasteiger partial charge in [0.05, 0.1) is 19.1 Å². The Hall–Kier alpha value is -7.21. The number of fused-ring (bicyclic) bond motifs is 3. The number of hydrogen-bond acceptors (Lipinski definition) is 3. The van der Waals surface area contributed by atoms with E-state index in [1.54, 1.807) is 0 Å². The van der Waals surface area contributed by atoms with Crippen molar-refractivity contribution in [2.45, 2.75) is 19.6 Å². The van der Waals surface area contributed by atoms with Crippen LogP contribution in [0.3, 0.4) is 0 Å². The molecule has 5 heteroatoms. The van der Waals surface area contributed by atoms with Crippen LogP contribution in [-0.2, 0) is 0 Å². The summed E-state index contributed by atoms with van der Waals surface area (Å²) in [5.41, 5.74) is 13.3. The van der Waals surface area contributed by atoms with Gasteiger partial charge in [-0.25, -0.2) is 15.0 Å². The van der Waals surface area contributed by atoms with Crippen molar-refractivity contribution >= 4 is 35.1 Å². The van der Waals surface area contributed by atoms with Gasteiger partial charge in [0.25, 0.3) is 0 Å². The second-order valence-corrected chi connectivity index (χ2v) is 21.2. The molecule has 59 heavy (non-hydrogen) atoms. The summed E-state index contributed by atoms with van der Waals surface area (Å²) in [5, 5.41) is 3.80. The number of nitrogens with zero attached hydrogens (tertiary/aromatic N) is 4. The lowest BCUT2D eigenvalue weighted by molar-refractivity contribution is 1.07. The van der Waals surface area contributed by atoms with Crippen molar-refractivity contribution in [3.63, 3.8) is 0 Å². The van der Waals surface area contributed by atoms with Crippen molar-refractivity contribution in [1.82, 2.24) is 19.5 Å². The van der Waals surface area contributed by atoms with Gasteiger partial charge in [0.15, 0.2) is 17.5 Å². The van der Waals surface area contributed by atoms with Crippen molar-refractivity contribution in [2.24, 2.45) is 0 Å². The van der Waals surface area contributed by atoms with Gasteiger partial charge < -0.3 is 4.57 Å². The molecule has 8 aromatic carbocycles. The quantitative estimate of drug-likeness (QED) is 0.144. The lowest BCUT2D eigenvalue weighted by atomic mass is 9.95. The van der Waals surface area contributed by atoms with E-state index in [0.29, 0.717) is 17.5 Å². The maximum Gasteiger partial charge on any atom is 0.164 e. The molecule has 0 saturated carbocycles. The number of hydrogen-bond donors (Lipinski definition) is 0. The second kappa shape index (κ2) is 14.9. The van der Waals surface area contributed by atoms with Gasteiger partial charge in [-0.1, -0.05) is 170 Å². The Kier molecular flexibility index (Phi) is 9.16. The van der Waals surface area contributed by atoms with Gasteiger partial charge >= 0.3 is 0 Å². The molecule has 0 atom stereocenters. The van der Waals surface area contributed by atoms with Crippen LogP contribution in [0.15, 0.2) is 200 Å². The molecular weight excluding hydrogens is 733 g/mol. The average molecular weight is 775 g/mol. The fourth-order valence-corrected chi connectivity index (χ4v) is 9.26. The number of aromatic nitrogens is 4. The summed E-state index contributed by atoms with van der Waals surface area (Å²) in [6.45, 7) is 7.20. The van der Waals surface area contributed by atoms with Crippen molar-refractivity contribution in [1.29, 1.82) is 0 Å². The first-order chi connectivity index (χ1) is 28.9. The van der Waals surface area contributed by atoms with E-state index in [1.807, 2.05) is 18.2 Å². The smallest absolute Gasteiger partial charge is 0.164 e. The van der Waals surface area contributed by atoms with Crippen LogP contribution in [0.4, 0.5) is 0 Å². The predicted octanol–water partition coefficient (Wildman–Crippen LogP) is 13.5. The van der Waals surface area contributed by atoms with Gasteiger partial charge in [0.2, 0.25) is 0 Å². The van der Waals surface area contributed by atoms with Crippen LogP contribution < -0.4 is 5.19 Å². The summed E-state index contributed by atoms with van der Waals surface area (Å²) < 4.78 is 2.33. The third-order valence-electron chi connectivity index (χ3n) is 11.2. The maximum atomic E-state index is 5.18. The SMILES string of the molecule is C[Si](C)(C)c1cccc(-c2cccc(-c3cccc(-c4cccc(-c5nc(-c6ccccc6)nc(-c6ccc7c(c6)c6ccccc6n7-c6ccccc6)n5)c4)c3)c2)c1. The van der Waals surface area contributed by atoms with Crippen molar-refractivity contribution in [2.75, 3.05) is 0 Å². The molecule has 4 nitrogen and oxygen atoms in total. The molecule has 2 heterocycles. The summed E-state index contributed by atoms with van der Waals surface area (Å²) in [6, 6.07) is 71.2. The van der Waals surface area contributed by atoms with Crippen LogP contribution in [0.2, 0.25) is 19.6 Å². The first kappa shape index (κ1) is 36.1. The topological polar surface area (TPSA) is 43.6 Å². The Morgan fingerprint density at radius 3 is 1.34 bits per heavy atom. The summed E-state index contributed by atoms with van der Waals surface area (Å²) in [4.78, 5) is 15.4. The first-order valence-electron chi connectivity index (χ1n) is 20.2.